The van der Waals surface area contributed by atoms with Gasteiger partial charge in [-0.25, -0.2) is 4.98 Å². The zero-order valence-electron chi connectivity index (χ0n) is 18.2. The van der Waals surface area contributed by atoms with Gasteiger partial charge in [-0.15, -0.1) is 0 Å². The van der Waals surface area contributed by atoms with Crippen LogP contribution in [0.3, 0.4) is 0 Å². The van der Waals surface area contributed by atoms with Crippen molar-refractivity contribution in [1.29, 1.82) is 0 Å². The lowest BCUT2D eigenvalue weighted by atomic mass is 10.2. The molecule has 170 valence electrons. The molecule has 32 heavy (non-hydrogen) atoms. The third-order valence-electron chi connectivity index (χ3n) is 4.80. The van der Waals surface area contributed by atoms with Crippen molar-refractivity contribution in [1.82, 2.24) is 15.3 Å². The molecular weight excluding hydrogens is 430 g/mol. The summed E-state index contributed by atoms with van der Waals surface area (Å²) in [6.45, 7) is 6.15. The molecule has 0 aliphatic carbocycles. The molecule has 1 aliphatic heterocycles. The second-order valence-electron chi connectivity index (χ2n) is 7.05. The van der Waals surface area contributed by atoms with E-state index in [1.165, 1.54) is 11.3 Å². The fraction of sp³-hybridized carbons (Fsp3) is 0.364. The van der Waals surface area contributed by atoms with E-state index >= 15 is 0 Å². The Bertz CT molecular complexity index is 930. The molecule has 0 saturated carbocycles. The van der Waals surface area contributed by atoms with E-state index in [-0.39, 0.29) is 0 Å². The molecule has 1 N–H and O–H groups in total. The molecule has 2 heterocycles. The molecule has 1 saturated heterocycles. The molecule has 2 aromatic rings. The lowest BCUT2D eigenvalue weighted by molar-refractivity contribution is -0.108. The van der Waals surface area contributed by atoms with Crippen molar-refractivity contribution in [3.05, 3.63) is 47.0 Å². The second-order valence-corrected chi connectivity index (χ2v) is 7.93. The van der Waals surface area contributed by atoms with Gasteiger partial charge in [0.05, 0.1) is 12.3 Å². The van der Waals surface area contributed by atoms with Crippen LogP contribution < -0.4 is 19.9 Å². The van der Waals surface area contributed by atoms with E-state index in [2.05, 4.69) is 56.3 Å². The number of nitrogens with one attached hydrogen (secondary N) is 1. The number of aromatic nitrogens is 2. The van der Waals surface area contributed by atoms with E-state index in [9.17, 15) is 9.59 Å². The maximum Gasteiger partial charge on any atom is 0.289 e. The fourth-order valence-electron chi connectivity index (χ4n) is 3.13. The highest BCUT2D eigenvalue weighted by Gasteiger charge is 2.20. The zero-order chi connectivity index (χ0) is 22.8. The number of hydrogen-bond acceptors (Lipinski definition) is 9. The van der Waals surface area contributed by atoms with Crippen molar-refractivity contribution in [2.75, 3.05) is 56.3 Å². The molecule has 1 fully saturated rings. The van der Waals surface area contributed by atoms with Crippen LogP contribution in [0.2, 0.25) is 0 Å². The highest BCUT2D eigenvalue weighted by Crippen LogP contribution is 2.22. The first-order chi connectivity index (χ1) is 15.6. The second kappa shape index (κ2) is 12.1. The average molecular weight is 458 g/mol. The first-order valence-corrected chi connectivity index (χ1v) is 11.1. The van der Waals surface area contributed by atoms with Gasteiger partial charge < -0.3 is 19.3 Å². The van der Waals surface area contributed by atoms with Crippen LogP contribution in [0.15, 0.2) is 35.7 Å². The van der Waals surface area contributed by atoms with Gasteiger partial charge in [-0.2, -0.15) is 4.98 Å². The molecule has 0 spiro atoms. The quantitative estimate of drug-likeness (QED) is 0.450. The monoisotopic (exact) mass is 457 g/mol. The number of piperazine rings is 1. The van der Waals surface area contributed by atoms with E-state index in [1.54, 1.807) is 24.7 Å². The van der Waals surface area contributed by atoms with Gasteiger partial charge in [-0.1, -0.05) is 17.7 Å². The summed E-state index contributed by atoms with van der Waals surface area (Å²) in [4.78, 5) is 35.4. The summed E-state index contributed by atoms with van der Waals surface area (Å²) in [5, 5.41) is 3.17. The minimum Gasteiger partial charge on any atom is -0.475 e. The molecule has 0 atom stereocenters. The summed E-state index contributed by atoms with van der Waals surface area (Å²) in [5.74, 6) is 1.01. The third-order valence-corrected chi connectivity index (χ3v) is 5.40. The molecule has 1 aliphatic rings. The van der Waals surface area contributed by atoms with E-state index < -0.39 is 5.24 Å². The fourth-order valence-corrected chi connectivity index (χ4v) is 3.58. The van der Waals surface area contributed by atoms with Gasteiger partial charge in [0.25, 0.3) is 5.24 Å². The van der Waals surface area contributed by atoms with Gasteiger partial charge in [0.15, 0.2) is 0 Å². The predicted molar refractivity (Wildman–Crippen MR) is 126 cm³/mol. The number of carbonyl (C=O) groups is 2. The van der Waals surface area contributed by atoms with Gasteiger partial charge in [-0.3, -0.25) is 14.9 Å². The number of carbonyl (C=O) groups excluding carboxylic acids is 2. The third kappa shape index (κ3) is 6.96. The highest BCUT2D eigenvalue weighted by molar-refractivity contribution is 8.16. The molecular formula is C22H27N5O4S. The van der Waals surface area contributed by atoms with Crippen molar-refractivity contribution < 1.29 is 19.1 Å². The van der Waals surface area contributed by atoms with E-state index in [1.807, 2.05) is 0 Å². The molecule has 0 radical (unpaired) electrons. The van der Waals surface area contributed by atoms with Crippen LogP contribution in [0.1, 0.15) is 11.3 Å². The number of hydrogen-bond donors (Lipinski definition) is 1. The summed E-state index contributed by atoms with van der Waals surface area (Å²) in [6.07, 6.45) is 2.04. The standard InChI is InChI=1S/C22H27N5O4S/c1-17-3-5-19(6-4-17)26-8-10-27(11-9-26)21-24-18(7-14-32-22(29)23-16-28)15-20(25-21)31-13-12-30-2/h3-7,14-16H,8-13H2,1-2H3,(H,23,28,29)/b14-7-. The summed E-state index contributed by atoms with van der Waals surface area (Å²) >= 11 is 0.860. The molecule has 9 nitrogen and oxygen atoms in total. The number of thioether (sulfide) groups is 1. The predicted octanol–water partition coefficient (Wildman–Crippen LogP) is 2.71. The Hall–Kier alpha value is -3.11. The van der Waals surface area contributed by atoms with Crippen molar-refractivity contribution in [2.24, 2.45) is 0 Å². The number of nitrogens with zero attached hydrogens (tertiary/aromatic N) is 4. The average Bonchev–Trinajstić information content (AvgIpc) is 2.80. The van der Waals surface area contributed by atoms with E-state index in [0.29, 0.717) is 37.1 Å². The van der Waals surface area contributed by atoms with Gasteiger partial charge in [0, 0.05) is 45.0 Å². The molecule has 10 heteroatoms. The number of imide groups is 1. The molecule has 2 amide bonds. The number of aryl methyl sites for hydroxylation is 1. The maximum atomic E-state index is 11.4. The molecule has 0 unspecified atom stereocenters. The normalized spacial score (nSPS) is 13.9. The Morgan fingerprint density at radius 3 is 2.53 bits per heavy atom. The van der Waals surface area contributed by atoms with Gasteiger partial charge in [0.2, 0.25) is 18.2 Å². The van der Waals surface area contributed by atoms with Gasteiger partial charge in [0.1, 0.15) is 6.61 Å². The van der Waals surface area contributed by atoms with Crippen LogP contribution >= 0.6 is 11.8 Å². The van der Waals surface area contributed by atoms with Crippen LogP contribution in [-0.2, 0) is 9.53 Å². The van der Waals surface area contributed by atoms with Crippen molar-refractivity contribution in [2.45, 2.75) is 6.92 Å². The molecule has 1 aromatic carbocycles. The summed E-state index contributed by atoms with van der Waals surface area (Å²) in [5.41, 5.74) is 3.06. The summed E-state index contributed by atoms with van der Waals surface area (Å²) in [6, 6.07) is 10.2. The Kier molecular flexibility index (Phi) is 8.88. The Balaban J connectivity index is 1.70. The first kappa shape index (κ1) is 23.6. The van der Waals surface area contributed by atoms with Gasteiger partial charge >= 0.3 is 0 Å². The maximum absolute atomic E-state index is 11.4. The topological polar surface area (TPSA) is 96.9 Å². The molecule has 1 aromatic heterocycles. The number of methoxy groups -OCH3 is 1. The zero-order valence-corrected chi connectivity index (χ0v) is 19.0. The van der Waals surface area contributed by atoms with E-state index in [4.69, 9.17) is 9.47 Å². The van der Waals surface area contributed by atoms with Crippen molar-refractivity contribution >= 4 is 41.1 Å². The van der Waals surface area contributed by atoms with Crippen molar-refractivity contribution in [3.63, 3.8) is 0 Å². The lowest BCUT2D eigenvalue weighted by Gasteiger charge is -2.36. The number of ether oxygens (including phenoxy) is 2. The minimum absolute atomic E-state index is 0.351. The molecule has 3 rings (SSSR count). The summed E-state index contributed by atoms with van der Waals surface area (Å²) in [7, 11) is 1.61. The number of amides is 2. The summed E-state index contributed by atoms with van der Waals surface area (Å²) < 4.78 is 10.7. The minimum atomic E-state index is -0.464. The van der Waals surface area contributed by atoms with Crippen LogP contribution in [0.25, 0.3) is 6.08 Å². The van der Waals surface area contributed by atoms with Crippen LogP contribution in [-0.4, -0.2) is 68.1 Å². The number of anilines is 2. The highest BCUT2D eigenvalue weighted by atomic mass is 32.2. The lowest BCUT2D eigenvalue weighted by Crippen LogP contribution is -2.47. The van der Waals surface area contributed by atoms with Crippen LogP contribution in [0, 0.1) is 6.92 Å². The Morgan fingerprint density at radius 2 is 1.84 bits per heavy atom. The van der Waals surface area contributed by atoms with Gasteiger partial charge in [-0.05, 0) is 42.3 Å². The molecule has 0 bridgehead atoms. The Labute approximate surface area is 191 Å². The largest absolute Gasteiger partial charge is 0.475 e. The van der Waals surface area contributed by atoms with E-state index in [0.717, 1.165) is 37.9 Å². The number of rotatable bonds is 9. The number of benzene rings is 1. The Morgan fingerprint density at radius 1 is 1.12 bits per heavy atom. The van der Waals surface area contributed by atoms with Crippen LogP contribution in [0.5, 0.6) is 5.88 Å². The van der Waals surface area contributed by atoms with Crippen molar-refractivity contribution in [3.8, 4) is 5.88 Å². The SMILES string of the molecule is COCCOc1cc(/C=C\SC(=O)NC=O)nc(N2CCN(c3ccc(C)cc3)CC2)n1. The smallest absolute Gasteiger partial charge is 0.289 e. The van der Waals surface area contributed by atoms with Crippen LogP contribution in [0.4, 0.5) is 16.4 Å². The first-order valence-electron chi connectivity index (χ1n) is 10.2.